The van der Waals surface area contributed by atoms with E-state index in [0.29, 0.717) is 38.9 Å². The van der Waals surface area contributed by atoms with Gasteiger partial charge in [-0.05, 0) is 44.2 Å². The third kappa shape index (κ3) is 4.45. The molecule has 0 spiro atoms. The Balaban J connectivity index is 1.57. The van der Waals surface area contributed by atoms with Crippen LogP contribution in [0.2, 0.25) is 0 Å². The van der Waals surface area contributed by atoms with E-state index in [1.807, 2.05) is 12.1 Å². The Kier molecular flexibility index (Phi) is 5.91. The first-order valence-electron chi connectivity index (χ1n) is 10.3. The first kappa shape index (κ1) is 22.5. The predicted octanol–water partition coefficient (Wildman–Crippen LogP) is 1.71. The van der Waals surface area contributed by atoms with Gasteiger partial charge in [0.2, 0.25) is 10.0 Å². The predicted molar refractivity (Wildman–Crippen MR) is 128 cm³/mol. The van der Waals surface area contributed by atoms with Crippen LogP contribution in [0.15, 0.2) is 47.3 Å². The van der Waals surface area contributed by atoms with E-state index in [4.69, 9.17) is 5.73 Å². The summed E-state index contributed by atoms with van der Waals surface area (Å²) in [6.45, 7) is 3.37. The molecule has 0 aliphatic rings. The number of amides is 1. The van der Waals surface area contributed by atoms with Gasteiger partial charge in [0.25, 0.3) is 11.5 Å². The molecule has 0 radical (unpaired) electrons. The van der Waals surface area contributed by atoms with Gasteiger partial charge in [0, 0.05) is 29.6 Å². The summed E-state index contributed by atoms with van der Waals surface area (Å²) in [6.07, 6.45) is 0. The Hall–Kier alpha value is -3.70. The molecule has 33 heavy (non-hydrogen) atoms. The third-order valence-corrected chi connectivity index (χ3v) is 7.12. The molecule has 0 bridgehead atoms. The second-order valence-electron chi connectivity index (χ2n) is 7.85. The first-order valence-corrected chi connectivity index (χ1v) is 11.9. The maximum absolute atomic E-state index is 12.6. The lowest BCUT2D eigenvalue weighted by molar-refractivity contribution is 0.0954. The van der Waals surface area contributed by atoms with E-state index in [1.165, 1.54) is 0 Å². The molecule has 0 unspecified atom stereocenters. The van der Waals surface area contributed by atoms with E-state index in [0.717, 1.165) is 0 Å². The number of sulfonamides is 1. The maximum atomic E-state index is 12.6. The Morgan fingerprint density at radius 1 is 1.09 bits per heavy atom. The first-order chi connectivity index (χ1) is 15.7. The molecule has 172 valence electrons. The highest BCUT2D eigenvalue weighted by Crippen LogP contribution is 2.31. The van der Waals surface area contributed by atoms with Gasteiger partial charge in [-0.25, -0.2) is 18.1 Å². The third-order valence-electron chi connectivity index (χ3n) is 5.27. The summed E-state index contributed by atoms with van der Waals surface area (Å²) in [5.41, 5.74) is 9.02. The fourth-order valence-electron chi connectivity index (χ4n) is 3.38. The van der Waals surface area contributed by atoms with E-state index in [2.05, 4.69) is 25.0 Å². The molecule has 4 aromatic rings. The van der Waals surface area contributed by atoms with Crippen molar-refractivity contribution in [2.24, 2.45) is 0 Å². The molecule has 2 heterocycles. The van der Waals surface area contributed by atoms with Crippen LogP contribution in [0.3, 0.4) is 0 Å². The molecule has 11 heteroatoms. The number of benzene rings is 2. The van der Waals surface area contributed by atoms with Crippen molar-refractivity contribution < 1.29 is 13.2 Å². The SMILES string of the molecule is CC(C)S(=O)(=O)NCCNC(=O)c1ccc2[nH]c(-c3nc4ccccc4[nH]c3=O)c(N)c2c1. The lowest BCUT2D eigenvalue weighted by atomic mass is 10.1. The topological polar surface area (TPSA) is 163 Å². The number of carbonyl (C=O) groups is 1. The van der Waals surface area contributed by atoms with Crippen molar-refractivity contribution in [3.63, 3.8) is 0 Å². The summed E-state index contributed by atoms with van der Waals surface area (Å²) >= 11 is 0. The number of nitrogens with zero attached hydrogens (tertiary/aromatic N) is 1. The highest BCUT2D eigenvalue weighted by molar-refractivity contribution is 7.90. The summed E-state index contributed by atoms with van der Waals surface area (Å²) in [4.78, 5) is 35.5. The number of hydrogen-bond acceptors (Lipinski definition) is 6. The number of carbonyl (C=O) groups excluding carboxylic acids is 1. The number of nitrogen functional groups attached to an aromatic ring is 1. The molecule has 10 nitrogen and oxygen atoms in total. The van der Waals surface area contributed by atoms with Crippen molar-refractivity contribution in [3.8, 4) is 11.4 Å². The minimum absolute atomic E-state index is 0.0847. The van der Waals surface area contributed by atoms with Crippen LogP contribution < -0.4 is 21.3 Å². The Morgan fingerprint density at radius 2 is 1.85 bits per heavy atom. The Bertz CT molecular complexity index is 1520. The van der Waals surface area contributed by atoms with Crippen molar-refractivity contribution in [2.75, 3.05) is 18.8 Å². The number of aromatic nitrogens is 3. The molecule has 1 amide bonds. The number of hydrogen-bond donors (Lipinski definition) is 5. The van der Waals surface area contributed by atoms with Crippen molar-refractivity contribution in [2.45, 2.75) is 19.1 Å². The Labute approximate surface area is 189 Å². The fraction of sp³-hybridized carbons (Fsp3) is 0.227. The number of anilines is 1. The van der Waals surface area contributed by atoms with Crippen LogP contribution in [0, 0.1) is 0 Å². The minimum Gasteiger partial charge on any atom is -0.396 e. The van der Waals surface area contributed by atoms with Crippen LogP contribution in [0.25, 0.3) is 33.3 Å². The van der Waals surface area contributed by atoms with Crippen LogP contribution in [0.5, 0.6) is 0 Å². The zero-order chi connectivity index (χ0) is 23.8. The van der Waals surface area contributed by atoms with Gasteiger partial charge in [0.1, 0.15) is 0 Å². The lowest BCUT2D eigenvalue weighted by Crippen LogP contribution is -2.37. The normalized spacial score (nSPS) is 12.0. The quantitative estimate of drug-likeness (QED) is 0.259. The molecule has 0 atom stereocenters. The van der Waals surface area contributed by atoms with Crippen LogP contribution in [0.4, 0.5) is 5.69 Å². The standard InChI is InChI=1S/C22H24N6O4S/c1-12(2)33(31,32)25-10-9-24-21(29)13-7-8-15-14(11-13)18(23)19(26-15)20-22(30)28-17-6-4-3-5-16(17)27-20/h3-8,11-12,25-26H,9-10,23H2,1-2H3,(H,24,29)(H,28,30). The molecular formula is C22H24N6O4S. The zero-order valence-electron chi connectivity index (χ0n) is 18.1. The van der Waals surface area contributed by atoms with Crippen molar-refractivity contribution in [1.29, 1.82) is 0 Å². The molecule has 2 aromatic carbocycles. The molecule has 4 rings (SSSR count). The van der Waals surface area contributed by atoms with Crippen molar-refractivity contribution in [3.05, 3.63) is 58.4 Å². The molecular weight excluding hydrogens is 444 g/mol. The number of H-pyrrole nitrogens is 2. The van der Waals surface area contributed by atoms with Gasteiger partial charge in [-0.15, -0.1) is 0 Å². The average molecular weight is 469 g/mol. The van der Waals surface area contributed by atoms with Crippen LogP contribution >= 0.6 is 0 Å². The molecule has 2 aromatic heterocycles. The highest BCUT2D eigenvalue weighted by Gasteiger charge is 2.18. The van der Waals surface area contributed by atoms with E-state index in [1.54, 1.807) is 44.2 Å². The monoisotopic (exact) mass is 468 g/mol. The average Bonchev–Trinajstić information content (AvgIpc) is 3.11. The van der Waals surface area contributed by atoms with Gasteiger partial charge in [-0.2, -0.15) is 0 Å². The van der Waals surface area contributed by atoms with Crippen molar-refractivity contribution in [1.82, 2.24) is 25.0 Å². The smallest absolute Gasteiger partial charge is 0.276 e. The highest BCUT2D eigenvalue weighted by atomic mass is 32.2. The van der Waals surface area contributed by atoms with Gasteiger partial charge in [-0.1, -0.05) is 12.1 Å². The molecule has 0 aliphatic heterocycles. The molecule has 0 fully saturated rings. The molecule has 0 saturated carbocycles. The summed E-state index contributed by atoms with van der Waals surface area (Å²) in [5.74, 6) is -0.371. The van der Waals surface area contributed by atoms with Gasteiger partial charge in [0.05, 0.1) is 27.7 Å². The largest absolute Gasteiger partial charge is 0.396 e. The van der Waals surface area contributed by atoms with Gasteiger partial charge in [0.15, 0.2) is 5.69 Å². The second-order valence-corrected chi connectivity index (χ2v) is 10.2. The number of nitrogens with one attached hydrogen (secondary N) is 4. The zero-order valence-corrected chi connectivity index (χ0v) is 18.9. The Morgan fingerprint density at radius 3 is 2.61 bits per heavy atom. The van der Waals surface area contributed by atoms with E-state index >= 15 is 0 Å². The lowest BCUT2D eigenvalue weighted by Gasteiger charge is -2.10. The number of para-hydroxylation sites is 2. The number of rotatable bonds is 7. The minimum atomic E-state index is -3.39. The molecule has 0 aliphatic carbocycles. The fourth-order valence-corrected chi connectivity index (χ4v) is 4.10. The number of nitrogens with two attached hydrogens (primary N) is 1. The summed E-state index contributed by atoms with van der Waals surface area (Å²) < 4.78 is 26.0. The summed E-state index contributed by atoms with van der Waals surface area (Å²) in [5, 5.41) is 2.70. The summed E-state index contributed by atoms with van der Waals surface area (Å²) in [6, 6.07) is 12.1. The maximum Gasteiger partial charge on any atom is 0.276 e. The second kappa shape index (κ2) is 8.68. The van der Waals surface area contributed by atoms with E-state index in [-0.39, 0.29) is 30.2 Å². The van der Waals surface area contributed by atoms with E-state index < -0.39 is 15.3 Å². The van der Waals surface area contributed by atoms with Crippen molar-refractivity contribution >= 4 is 43.6 Å². The van der Waals surface area contributed by atoms with Crippen LogP contribution in [-0.2, 0) is 10.0 Å². The van der Waals surface area contributed by atoms with E-state index in [9.17, 15) is 18.0 Å². The van der Waals surface area contributed by atoms with Gasteiger partial charge >= 0.3 is 0 Å². The van der Waals surface area contributed by atoms with Gasteiger partial charge < -0.3 is 21.0 Å². The molecule has 0 saturated heterocycles. The molecule has 6 N–H and O–H groups in total. The number of aromatic amines is 2. The number of fused-ring (bicyclic) bond motifs is 2. The summed E-state index contributed by atoms with van der Waals surface area (Å²) in [7, 11) is -3.39. The van der Waals surface area contributed by atoms with Crippen LogP contribution in [-0.4, -0.2) is 47.6 Å². The van der Waals surface area contributed by atoms with Gasteiger partial charge in [-0.3, -0.25) is 9.59 Å². The van der Waals surface area contributed by atoms with Crippen LogP contribution in [0.1, 0.15) is 24.2 Å².